The summed E-state index contributed by atoms with van der Waals surface area (Å²) in [6.07, 6.45) is 1.57. The van der Waals surface area contributed by atoms with Gasteiger partial charge in [0, 0.05) is 6.54 Å². The summed E-state index contributed by atoms with van der Waals surface area (Å²) in [5.74, 6) is -0.267. The molecule has 0 radical (unpaired) electrons. The maximum absolute atomic E-state index is 13.4. The quantitative estimate of drug-likeness (QED) is 0.453. The van der Waals surface area contributed by atoms with Crippen LogP contribution in [0.5, 0.6) is 0 Å². The van der Waals surface area contributed by atoms with Crippen LogP contribution in [0.2, 0.25) is 5.02 Å². The second kappa shape index (κ2) is 9.46. The summed E-state index contributed by atoms with van der Waals surface area (Å²) in [6, 6.07) is 16.2. The number of halogens is 1. The zero-order valence-corrected chi connectivity index (χ0v) is 19.1. The van der Waals surface area contributed by atoms with E-state index in [1.165, 1.54) is 4.57 Å². The lowest BCUT2D eigenvalue weighted by Crippen LogP contribution is -2.43. The molecule has 0 atom stereocenters. The molecule has 2 aromatic heterocycles. The summed E-state index contributed by atoms with van der Waals surface area (Å²) in [6.45, 7) is 4.39. The number of hydrogen-bond acceptors (Lipinski definition) is 4. The predicted molar refractivity (Wildman–Crippen MR) is 129 cm³/mol. The van der Waals surface area contributed by atoms with Gasteiger partial charge < -0.3 is 9.88 Å². The highest BCUT2D eigenvalue weighted by atomic mass is 35.5. The number of amides is 1. The highest BCUT2D eigenvalue weighted by Crippen LogP contribution is 2.20. The lowest BCUT2D eigenvalue weighted by Gasteiger charge is -2.14. The van der Waals surface area contributed by atoms with Gasteiger partial charge in [-0.1, -0.05) is 67.9 Å². The molecule has 0 aliphatic heterocycles. The molecule has 8 nitrogen and oxygen atoms in total. The van der Waals surface area contributed by atoms with Gasteiger partial charge in [-0.15, -0.1) is 0 Å². The van der Waals surface area contributed by atoms with E-state index in [0.29, 0.717) is 28.4 Å². The van der Waals surface area contributed by atoms with Gasteiger partial charge >= 0.3 is 5.69 Å². The molecule has 33 heavy (non-hydrogen) atoms. The van der Waals surface area contributed by atoms with Gasteiger partial charge in [0.05, 0.1) is 23.6 Å². The fourth-order valence-corrected chi connectivity index (χ4v) is 3.90. The Balaban J connectivity index is 1.81. The first-order valence-electron chi connectivity index (χ1n) is 10.6. The van der Waals surface area contributed by atoms with E-state index in [2.05, 4.69) is 10.3 Å². The lowest BCUT2D eigenvalue weighted by molar-refractivity contribution is -0.116. The minimum absolute atomic E-state index is 0.223. The van der Waals surface area contributed by atoms with Crippen LogP contribution in [0.4, 0.5) is 5.69 Å². The molecule has 2 heterocycles. The van der Waals surface area contributed by atoms with Gasteiger partial charge in [-0.2, -0.15) is 0 Å². The molecule has 0 unspecified atom stereocenters. The van der Waals surface area contributed by atoms with Gasteiger partial charge in [0.2, 0.25) is 5.91 Å². The third-order valence-electron chi connectivity index (χ3n) is 5.18. The van der Waals surface area contributed by atoms with Gasteiger partial charge in [-0.25, -0.2) is 14.3 Å². The van der Waals surface area contributed by atoms with E-state index in [4.69, 9.17) is 11.6 Å². The molecular weight excluding hydrogens is 442 g/mol. The number of aromatic nitrogens is 4. The van der Waals surface area contributed by atoms with Crippen LogP contribution < -0.4 is 16.6 Å². The van der Waals surface area contributed by atoms with Crippen molar-refractivity contribution in [2.45, 2.75) is 33.5 Å². The first-order valence-corrected chi connectivity index (χ1v) is 11.0. The summed E-state index contributed by atoms with van der Waals surface area (Å²) in [5, 5.41) is 3.04. The Kier molecular flexibility index (Phi) is 6.46. The predicted octanol–water partition coefficient (Wildman–Crippen LogP) is 3.36. The van der Waals surface area contributed by atoms with E-state index < -0.39 is 23.7 Å². The number of imidazole rings is 1. The van der Waals surface area contributed by atoms with Crippen molar-refractivity contribution < 1.29 is 4.79 Å². The highest BCUT2D eigenvalue weighted by Gasteiger charge is 2.20. The largest absolute Gasteiger partial charge is 0.333 e. The fourth-order valence-electron chi connectivity index (χ4n) is 3.71. The van der Waals surface area contributed by atoms with Crippen molar-refractivity contribution in [3.63, 3.8) is 0 Å². The third kappa shape index (κ3) is 4.75. The average molecular weight is 466 g/mol. The zero-order valence-electron chi connectivity index (χ0n) is 18.4. The number of nitrogens with zero attached hydrogens (tertiary/aromatic N) is 4. The van der Waals surface area contributed by atoms with Crippen LogP contribution >= 0.6 is 11.6 Å². The molecule has 0 saturated carbocycles. The van der Waals surface area contributed by atoms with Crippen molar-refractivity contribution in [1.82, 2.24) is 18.7 Å². The monoisotopic (exact) mass is 465 g/mol. The topological polar surface area (TPSA) is 90.9 Å². The Morgan fingerprint density at radius 3 is 2.42 bits per heavy atom. The van der Waals surface area contributed by atoms with E-state index in [-0.39, 0.29) is 12.5 Å². The Morgan fingerprint density at radius 1 is 1.03 bits per heavy atom. The molecule has 0 aliphatic carbocycles. The summed E-state index contributed by atoms with van der Waals surface area (Å²) in [7, 11) is 0. The molecule has 0 fully saturated rings. The summed E-state index contributed by atoms with van der Waals surface area (Å²) >= 11 is 6.12. The second-order valence-corrected chi connectivity index (χ2v) is 8.64. The molecule has 0 aliphatic rings. The van der Waals surface area contributed by atoms with Crippen LogP contribution in [0, 0.1) is 5.92 Å². The second-order valence-electron chi connectivity index (χ2n) is 8.24. The Morgan fingerprint density at radius 2 is 1.73 bits per heavy atom. The number of carbonyl (C=O) groups excluding carboxylic acids is 1. The van der Waals surface area contributed by atoms with E-state index in [0.717, 1.165) is 10.1 Å². The van der Waals surface area contributed by atoms with E-state index >= 15 is 0 Å². The molecular formula is C24H24ClN5O3. The van der Waals surface area contributed by atoms with Crippen molar-refractivity contribution >= 4 is 34.4 Å². The molecule has 0 bridgehead atoms. The van der Waals surface area contributed by atoms with Gasteiger partial charge in [-0.3, -0.25) is 14.2 Å². The smallest absolute Gasteiger partial charge is 0.324 e. The first-order chi connectivity index (χ1) is 15.8. The summed E-state index contributed by atoms with van der Waals surface area (Å²) in [4.78, 5) is 43.8. The minimum atomic E-state index is -0.597. The van der Waals surface area contributed by atoms with Crippen LogP contribution in [0.3, 0.4) is 0 Å². The van der Waals surface area contributed by atoms with Crippen molar-refractivity contribution in [3.05, 3.63) is 92.3 Å². The zero-order chi connectivity index (χ0) is 23.5. The number of anilines is 1. The molecule has 2 aromatic carbocycles. The average Bonchev–Trinajstić information content (AvgIpc) is 3.19. The Hall–Kier alpha value is -3.65. The maximum Gasteiger partial charge on any atom is 0.333 e. The number of nitrogens with one attached hydrogen (secondary N) is 1. The van der Waals surface area contributed by atoms with Crippen LogP contribution in [0.15, 0.2) is 70.5 Å². The molecule has 0 saturated heterocycles. The van der Waals surface area contributed by atoms with Crippen molar-refractivity contribution in [2.75, 3.05) is 5.32 Å². The van der Waals surface area contributed by atoms with E-state index in [1.807, 2.05) is 44.2 Å². The SMILES string of the molecule is CC(C)Cn1cnc2c1c(=O)n(CC(=O)Nc1ccccc1Cl)c(=O)n2Cc1ccccc1. The normalized spacial score (nSPS) is 11.3. The highest BCUT2D eigenvalue weighted by molar-refractivity contribution is 6.33. The molecule has 1 amide bonds. The molecule has 1 N–H and O–H groups in total. The third-order valence-corrected chi connectivity index (χ3v) is 5.51. The number of para-hydroxylation sites is 1. The van der Waals surface area contributed by atoms with Crippen LogP contribution in [-0.4, -0.2) is 24.6 Å². The van der Waals surface area contributed by atoms with E-state index in [9.17, 15) is 14.4 Å². The first kappa shape index (κ1) is 22.5. The lowest BCUT2D eigenvalue weighted by atomic mass is 10.2. The van der Waals surface area contributed by atoms with Gasteiger partial charge in [0.15, 0.2) is 11.2 Å². The van der Waals surface area contributed by atoms with Gasteiger partial charge in [0.25, 0.3) is 5.56 Å². The number of rotatable bonds is 7. The minimum Gasteiger partial charge on any atom is -0.324 e. The molecule has 0 spiro atoms. The van der Waals surface area contributed by atoms with E-state index in [1.54, 1.807) is 35.2 Å². The maximum atomic E-state index is 13.4. The Labute approximate surface area is 195 Å². The van der Waals surface area contributed by atoms with Crippen molar-refractivity contribution in [1.29, 1.82) is 0 Å². The van der Waals surface area contributed by atoms with Gasteiger partial charge in [0.1, 0.15) is 6.54 Å². The number of hydrogen-bond donors (Lipinski definition) is 1. The molecule has 170 valence electrons. The number of benzene rings is 2. The van der Waals surface area contributed by atoms with Crippen LogP contribution in [0.25, 0.3) is 11.2 Å². The van der Waals surface area contributed by atoms with Gasteiger partial charge in [-0.05, 0) is 23.6 Å². The van der Waals surface area contributed by atoms with Crippen molar-refractivity contribution in [3.8, 4) is 0 Å². The Bertz CT molecular complexity index is 1420. The summed E-state index contributed by atoms with van der Waals surface area (Å²) in [5.41, 5.74) is 0.743. The molecule has 4 rings (SSSR count). The number of fused-ring (bicyclic) bond motifs is 1. The number of carbonyl (C=O) groups is 1. The van der Waals surface area contributed by atoms with Crippen LogP contribution in [0.1, 0.15) is 19.4 Å². The van der Waals surface area contributed by atoms with Crippen molar-refractivity contribution in [2.24, 2.45) is 5.92 Å². The molecule has 9 heteroatoms. The summed E-state index contributed by atoms with van der Waals surface area (Å²) < 4.78 is 4.13. The standard InChI is InChI=1S/C24H24ClN5O3/c1-16(2)12-28-15-26-22-21(28)23(32)30(14-20(31)27-19-11-7-6-10-18(19)25)24(33)29(22)13-17-8-4-3-5-9-17/h3-11,15-16H,12-14H2,1-2H3,(H,27,31). The molecule has 4 aromatic rings. The van der Waals surface area contributed by atoms with Crippen LogP contribution in [-0.2, 0) is 24.4 Å². The fraction of sp³-hybridized carbons (Fsp3) is 0.250.